The van der Waals surface area contributed by atoms with Crippen LogP contribution in [-0.4, -0.2) is 42.9 Å². The Morgan fingerprint density at radius 3 is 2.55 bits per heavy atom. The molecule has 2 saturated heterocycles. The molecule has 2 amide bonds. The first kappa shape index (κ1) is 15.0. The average Bonchev–Trinajstić information content (AvgIpc) is 2.77. The number of amides is 2. The summed E-state index contributed by atoms with van der Waals surface area (Å²) < 4.78 is 0. The van der Waals surface area contributed by atoms with Gasteiger partial charge in [-0.15, -0.1) is 0 Å². The molecule has 0 saturated carbocycles. The number of benzene rings is 1. The van der Waals surface area contributed by atoms with E-state index in [0.717, 1.165) is 31.5 Å². The van der Waals surface area contributed by atoms with Gasteiger partial charge in [0.15, 0.2) is 0 Å². The highest BCUT2D eigenvalue weighted by atomic mass is 16.2. The summed E-state index contributed by atoms with van der Waals surface area (Å²) in [5.74, 6) is 0.307. The Hall–Kier alpha value is -1.88. The minimum atomic E-state index is -0.147. The molecule has 2 aliphatic rings. The third-order valence-electron chi connectivity index (χ3n) is 4.59. The highest BCUT2D eigenvalue weighted by molar-refractivity contribution is 5.82. The Morgan fingerprint density at radius 2 is 1.82 bits per heavy atom. The van der Waals surface area contributed by atoms with Gasteiger partial charge in [0.25, 0.3) is 0 Å². The molecule has 3 rings (SSSR count). The van der Waals surface area contributed by atoms with Crippen molar-refractivity contribution in [2.75, 3.05) is 26.2 Å². The normalized spacial score (nSPS) is 23.7. The van der Waals surface area contributed by atoms with Crippen molar-refractivity contribution in [2.45, 2.75) is 25.3 Å². The molecule has 0 bridgehead atoms. The number of hydrogen-bond donors (Lipinski definition) is 2. The minimum absolute atomic E-state index is 0.0227. The van der Waals surface area contributed by atoms with Crippen LogP contribution in [0.1, 0.15) is 30.9 Å². The number of nitrogens with one attached hydrogen (secondary N) is 2. The third-order valence-corrected chi connectivity index (χ3v) is 4.59. The topological polar surface area (TPSA) is 61.4 Å². The van der Waals surface area contributed by atoms with Gasteiger partial charge in [-0.25, -0.2) is 0 Å². The van der Waals surface area contributed by atoms with Crippen LogP contribution in [0.25, 0.3) is 0 Å². The molecule has 0 aliphatic carbocycles. The lowest BCUT2D eigenvalue weighted by atomic mass is 9.94. The van der Waals surface area contributed by atoms with Gasteiger partial charge < -0.3 is 15.5 Å². The van der Waals surface area contributed by atoms with E-state index in [-0.39, 0.29) is 23.8 Å². The number of rotatable bonds is 2. The summed E-state index contributed by atoms with van der Waals surface area (Å²) in [6.45, 7) is 2.93. The van der Waals surface area contributed by atoms with Gasteiger partial charge in [-0.2, -0.15) is 0 Å². The molecule has 2 N–H and O–H groups in total. The van der Waals surface area contributed by atoms with Crippen molar-refractivity contribution >= 4 is 11.8 Å². The summed E-state index contributed by atoms with van der Waals surface area (Å²) in [6, 6.07) is 9.75. The molecule has 1 aromatic rings. The number of carbonyl (C=O) groups is 2. The molecule has 5 heteroatoms. The zero-order valence-electron chi connectivity index (χ0n) is 12.8. The minimum Gasteiger partial charge on any atom is -0.354 e. The molecule has 2 aliphatic heterocycles. The second kappa shape index (κ2) is 6.92. The summed E-state index contributed by atoms with van der Waals surface area (Å²) in [4.78, 5) is 26.8. The molecule has 1 aromatic carbocycles. The maximum Gasteiger partial charge on any atom is 0.226 e. The van der Waals surface area contributed by atoms with E-state index >= 15 is 0 Å². The zero-order valence-corrected chi connectivity index (χ0v) is 12.8. The fourth-order valence-corrected chi connectivity index (χ4v) is 3.37. The van der Waals surface area contributed by atoms with E-state index in [0.29, 0.717) is 19.5 Å². The van der Waals surface area contributed by atoms with Crippen molar-refractivity contribution in [1.82, 2.24) is 15.5 Å². The van der Waals surface area contributed by atoms with E-state index in [9.17, 15) is 9.59 Å². The Kier molecular flexibility index (Phi) is 4.73. The summed E-state index contributed by atoms with van der Waals surface area (Å²) in [5.41, 5.74) is 1.04. The van der Waals surface area contributed by atoms with Gasteiger partial charge in [-0.1, -0.05) is 30.3 Å². The van der Waals surface area contributed by atoms with Crippen molar-refractivity contribution in [3.05, 3.63) is 35.9 Å². The monoisotopic (exact) mass is 301 g/mol. The molecular weight excluding hydrogens is 278 g/mol. The van der Waals surface area contributed by atoms with Gasteiger partial charge in [0.2, 0.25) is 11.8 Å². The molecule has 1 unspecified atom stereocenters. The van der Waals surface area contributed by atoms with Crippen LogP contribution in [0.4, 0.5) is 0 Å². The Bertz CT molecular complexity index is 526. The van der Waals surface area contributed by atoms with Crippen molar-refractivity contribution in [1.29, 1.82) is 0 Å². The van der Waals surface area contributed by atoms with Gasteiger partial charge in [0.1, 0.15) is 0 Å². The number of nitrogens with zero attached hydrogens (tertiary/aromatic N) is 1. The van der Waals surface area contributed by atoms with E-state index in [4.69, 9.17) is 0 Å². The molecular formula is C17H23N3O2. The summed E-state index contributed by atoms with van der Waals surface area (Å²) in [7, 11) is 0. The maximum absolute atomic E-state index is 13.0. The fourth-order valence-electron chi connectivity index (χ4n) is 3.37. The molecule has 118 valence electrons. The molecule has 2 heterocycles. The average molecular weight is 301 g/mol. The molecule has 22 heavy (non-hydrogen) atoms. The maximum atomic E-state index is 13.0. The van der Waals surface area contributed by atoms with Crippen LogP contribution in [0.2, 0.25) is 0 Å². The van der Waals surface area contributed by atoms with E-state index in [1.54, 1.807) is 0 Å². The second-order valence-electron chi connectivity index (χ2n) is 6.04. The van der Waals surface area contributed by atoms with Crippen molar-refractivity contribution < 1.29 is 9.59 Å². The van der Waals surface area contributed by atoms with Crippen molar-refractivity contribution in [3.63, 3.8) is 0 Å². The van der Waals surface area contributed by atoms with E-state index < -0.39 is 0 Å². The van der Waals surface area contributed by atoms with Crippen LogP contribution in [0.5, 0.6) is 0 Å². The predicted molar refractivity (Wildman–Crippen MR) is 84.1 cm³/mol. The van der Waals surface area contributed by atoms with E-state index in [1.165, 1.54) is 0 Å². The van der Waals surface area contributed by atoms with Crippen LogP contribution in [0, 0.1) is 5.92 Å². The fraction of sp³-hybridized carbons (Fsp3) is 0.529. The Labute approximate surface area is 131 Å². The number of piperidine rings is 1. The Balaban J connectivity index is 1.84. The lowest BCUT2D eigenvalue weighted by Crippen LogP contribution is -2.43. The van der Waals surface area contributed by atoms with Crippen LogP contribution >= 0.6 is 0 Å². The zero-order chi connectivity index (χ0) is 15.4. The second-order valence-corrected chi connectivity index (χ2v) is 6.04. The SMILES string of the molecule is O=C1CC(c2ccccc2)N(C(=O)C2CCNCC2)CCN1. The summed E-state index contributed by atoms with van der Waals surface area (Å²) in [5, 5.41) is 6.18. The Morgan fingerprint density at radius 1 is 1.09 bits per heavy atom. The van der Waals surface area contributed by atoms with Crippen molar-refractivity contribution in [2.24, 2.45) is 5.92 Å². The van der Waals surface area contributed by atoms with Gasteiger partial charge in [0.05, 0.1) is 12.5 Å². The molecule has 0 aromatic heterocycles. The smallest absolute Gasteiger partial charge is 0.226 e. The first-order valence-electron chi connectivity index (χ1n) is 8.08. The van der Waals surface area contributed by atoms with Gasteiger partial charge in [0, 0.05) is 19.0 Å². The quantitative estimate of drug-likeness (QED) is 0.859. The van der Waals surface area contributed by atoms with Crippen LogP contribution in [0.3, 0.4) is 0 Å². The summed E-state index contributed by atoms with van der Waals surface area (Å²) in [6.07, 6.45) is 2.12. The van der Waals surface area contributed by atoms with Gasteiger partial charge in [-0.05, 0) is 31.5 Å². The number of hydrogen-bond acceptors (Lipinski definition) is 3. The molecule has 0 spiro atoms. The largest absolute Gasteiger partial charge is 0.354 e. The lowest BCUT2D eigenvalue weighted by molar-refractivity contribution is -0.139. The summed E-state index contributed by atoms with van der Waals surface area (Å²) >= 11 is 0. The highest BCUT2D eigenvalue weighted by Gasteiger charge is 2.33. The molecule has 0 radical (unpaired) electrons. The van der Waals surface area contributed by atoms with Gasteiger partial charge in [-0.3, -0.25) is 9.59 Å². The lowest BCUT2D eigenvalue weighted by Gasteiger charge is -2.34. The van der Waals surface area contributed by atoms with Crippen LogP contribution in [-0.2, 0) is 9.59 Å². The number of carbonyl (C=O) groups excluding carboxylic acids is 2. The van der Waals surface area contributed by atoms with Crippen molar-refractivity contribution in [3.8, 4) is 0 Å². The molecule has 2 fully saturated rings. The first-order chi connectivity index (χ1) is 10.8. The van der Waals surface area contributed by atoms with Crippen LogP contribution < -0.4 is 10.6 Å². The highest BCUT2D eigenvalue weighted by Crippen LogP contribution is 2.28. The molecule has 5 nitrogen and oxygen atoms in total. The third kappa shape index (κ3) is 3.30. The van der Waals surface area contributed by atoms with E-state index in [1.807, 2.05) is 35.2 Å². The van der Waals surface area contributed by atoms with Crippen LogP contribution in [0.15, 0.2) is 30.3 Å². The standard InChI is InChI=1S/C17H23N3O2/c21-16-12-15(13-4-2-1-3-5-13)20(11-10-19-16)17(22)14-6-8-18-9-7-14/h1-5,14-15,18H,6-12H2,(H,19,21). The predicted octanol–water partition coefficient (Wildman–Crippen LogP) is 1.08. The van der Waals surface area contributed by atoms with Gasteiger partial charge >= 0.3 is 0 Å². The molecule has 1 atom stereocenters. The van der Waals surface area contributed by atoms with E-state index in [2.05, 4.69) is 10.6 Å². The first-order valence-corrected chi connectivity index (χ1v) is 8.08.